The fourth-order valence-electron chi connectivity index (χ4n) is 1.31. The lowest BCUT2D eigenvalue weighted by Gasteiger charge is -2.18. The molecule has 7 nitrogen and oxygen atoms in total. The van der Waals surface area contributed by atoms with Gasteiger partial charge in [-0.1, -0.05) is 5.10 Å². The van der Waals surface area contributed by atoms with Crippen LogP contribution in [0.2, 0.25) is 0 Å². The molecule has 1 aromatic rings. The molecule has 0 atom stereocenters. The van der Waals surface area contributed by atoms with E-state index in [1.165, 1.54) is 0 Å². The molecule has 0 fully saturated rings. The zero-order valence-electron chi connectivity index (χ0n) is 10.4. The Balaban J connectivity index is 2.62. The van der Waals surface area contributed by atoms with E-state index in [1.807, 2.05) is 20.8 Å². The highest BCUT2D eigenvalue weighted by Crippen LogP contribution is 2.10. The van der Waals surface area contributed by atoms with Crippen LogP contribution in [0.4, 0.5) is 6.01 Å². The van der Waals surface area contributed by atoms with Crippen molar-refractivity contribution < 1.29 is 9.21 Å². The minimum absolute atomic E-state index is 0.0747. The van der Waals surface area contributed by atoms with Gasteiger partial charge in [0, 0.05) is 12.6 Å². The van der Waals surface area contributed by atoms with Gasteiger partial charge in [-0.3, -0.25) is 4.79 Å². The number of nitrogens with two attached hydrogens (primary N) is 1. The normalized spacial score (nSPS) is 10.6. The van der Waals surface area contributed by atoms with Crippen molar-refractivity contribution in [3.63, 3.8) is 0 Å². The lowest BCUT2D eigenvalue weighted by Crippen LogP contribution is -2.40. The maximum atomic E-state index is 11.6. The molecule has 0 aliphatic rings. The second-order valence-corrected chi connectivity index (χ2v) is 3.92. The van der Waals surface area contributed by atoms with E-state index < -0.39 is 0 Å². The predicted molar refractivity (Wildman–Crippen MR) is 63.4 cm³/mol. The topological polar surface area (TPSA) is 97.3 Å². The molecule has 0 aromatic carbocycles. The third-order valence-corrected chi connectivity index (χ3v) is 2.07. The van der Waals surface area contributed by atoms with Gasteiger partial charge in [-0.15, -0.1) is 5.10 Å². The summed E-state index contributed by atoms with van der Waals surface area (Å²) in [6, 6.07) is 0.440. The van der Waals surface area contributed by atoms with Crippen LogP contribution in [0.25, 0.3) is 0 Å². The summed E-state index contributed by atoms with van der Waals surface area (Å²) in [6.07, 6.45) is 0. The average molecular weight is 241 g/mol. The van der Waals surface area contributed by atoms with E-state index >= 15 is 0 Å². The van der Waals surface area contributed by atoms with Crippen molar-refractivity contribution in [3.8, 4) is 0 Å². The number of anilines is 1. The van der Waals surface area contributed by atoms with Crippen LogP contribution in [0.15, 0.2) is 4.42 Å². The van der Waals surface area contributed by atoms with Gasteiger partial charge in [0.25, 0.3) is 0 Å². The van der Waals surface area contributed by atoms with E-state index in [-0.39, 0.29) is 25.0 Å². The molecule has 1 aromatic heterocycles. The lowest BCUT2D eigenvalue weighted by atomic mass is 10.4. The summed E-state index contributed by atoms with van der Waals surface area (Å²) < 4.78 is 5.29. The number of likely N-dealkylation sites (N-methyl/N-ethyl adjacent to an activating group) is 1. The number of nitrogens with zero attached hydrogens (tertiary/aromatic N) is 3. The van der Waals surface area contributed by atoms with Crippen molar-refractivity contribution in [2.45, 2.75) is 33.4 Å². The van der Waals surface area contributed by atoms with Crippen LogP contribution in [0.1, 0.15) is 26.7 Å². The van der Waals surface area contributed by atoms with Gasteiger partial charge in [0.1, 0.15) is 6.54 Å². The van der Waals surface area contributed by atoms with Gasteiger partial charge in [-0.05, 0) is 20.8 Å². The summed E-state index contributed by atoms with van der Waals surface area (Å²) >= 11 is 0. The fraction of sp³-hybridized carbons (Fsp3) is 0.700. The highest BCUT2D eigenvalue weighted by Gasteiger charge is 2.16. The van der Waals surface area contributed by atoms with E-state index in [0.29, 0.717) is 18.5 Å². The van der Waals surface area contributed by atoms with Crippen LogP contribution in [-0.2, 0) is 11.3 Å². The van der Waals surface area contributed by atoms with Crippen molar-refractivity contribution in [2.75, 3.05) is 18.0 Å². The van der Waals surface area contributed by atoms with Crippen LogP contribution in [0, 0.1) is 0 Å². The zero-order valence-corrected chi connectivity index (χ0v) is 10.4. The molecular formula is C10H19N5O2. The molecule has 1 rings (SSSR count). The van der Waals surface area contributed by atoms with Gasteiger partial charge in [0.05, 0.1) is 6.54 Å². The maximum absolute atomic E-state index is 11.6. The highest BCUT2D eigenvalue weighted by atomic mass is 16.4. The summed E-state index contributed by atoms with van der Waals surface area (Å²) in [7, 11) is 0. The van der Waals surface area contributed by atoms with E-state index in [2.05, 4.69) is 15.5 Å². The van der Waals surface area contributed by atoms with Gasteiger partial charge in [0.2, 0.25) is 11.8 Å². The summed E-state index contributed by atoms with van der Waals surface area (Å²) in [4.78, 5) is 13.3. The number of hydrogen-bond donors (Lipinski definition) is 2. The van der Waals surface area contributed by atoms with E-state index in [0.717, 1.165) is 0 Å². The first kappa shape index (κ1) is 13.4. The minimum Gasteiger partial charge on any atom is -0.407 e. The summed E-state index contributed by atoms with van der Waals surface area (Å²) in [6.45, 7) is 6.73. The van der Waals surface area contributed by atoms with E-state index in [9.17, 15) is 4.79 Å². The van der Waals surface area contributed by atoms with Crippen molar-refractivity contribution in [1.82, 2.24) is 15.5 Å². The van der Waals surface area contributed by atoms with Gasteiger partial charge < -0.3 is 20.4 Å². The van der Waals surface area contributed by atoms with Crippen molar-refractivity contribution in [2.24, 2.45) is 5.73 Å². The Hall–Kier alpha value is -1.63. The van der Waals surface area contributed by atoms with E-state index in [4.69, 9.17) is 10.2 Å². The third-order valence-electron chi connectivity index (χ3n) is 2.07. The summed E-state index contributed by atoms with van der Waals surface area (Å²) in [5.74, 6) is 0.289. The Morgan fingerprint density at radius 1 is 1.53 bits per heavy atom. The molecule has 17 heavy (non-hydrogen) atoms. The minimum atomic E-state index is -0.0747. The first-order valence-electron chi connectivity index (χ1n) is 5.63. The molecule has 96 valence electrons. The number of rotatable bonds is 6. The van der Waals surface area contributed by atoms with Crippen molar-refractivity contribution in [1.29, 1.82) is 0 Å². The monoisotopic (exact) mass is 241 g/mol. The molecule has 0 unspecified atom stereocenters. The first-order valence-corrected chi connectivity index (χ1v) is 5.63. The Labute approximate surface area is 100 Å². The van der Waals surface area contributed by atoms with Gasteiger partial charge >= 0.3 is 6.01 Å². The zero-order chi connectivity index (χ0) is 12.8. The molecule has 7 heteroatoms. The smallest absolute Gasteiger partial charge is 0.318 e. The number of nitrogens with one attached hydrogen (secondary N) is 1. The molecule has 0 spiro atoms. The number of aromatic nitrogens is 2. The Morgan fingerprint density at radius 3 is 2.71 bits per heavy atom. The predicted octanol–water partition coefficient (Wildman–Crippen LogP) is -0.121. The Morgan fingerprint density at radius 2 is 2.24 bits per heavy atom. The number of hydrogen-bond acceptors (Lipinski definition) is 6. The Bertz CT molecular complexity index is 363. The molecule has 1 amide bonds. The second kappa shape index (κ2) is 6.19. The van der Waals surface area contributed by atoms with Crippen LogP contribution in [0.5, 0.6) is 0 Å². The summed E-state index contributed by atoms with van der Waals surface area (Å²) in [5.41, 5.74) is 5.38. The lowest BCUT2D eigenvalue weighted by molar-refractivity contribution is -0.120. The third kappa shape index (κ3) is 4.03. The number of amides is 1. The Kier molecular flexibility index (Phi) is 4.89. The van der Waals surface area contributed by atoms with Crippen LogP contribution in [0.3, 0.4) is 0 Å². The molecule has 0 bridgehead atoms. The molecule has 0 radical (unpaired) electrons. The SMILES string of the molecule is CCN(CC(=O)NC(C)C)c1nnc(CN)o1. The maximum Gasteiger partial charge on any atom is 0.318 e. The van der Waals surface area contributed by atoms with Crippen LogP contribution < -0.4 is 16.0 Å². The molecule has 0 saturated carbocycles. The second-order valence-electron chi connectivity index (χ2n) is 3.92. The molecule has 0 aliphatic carbocycles. The largest absolute Gasteiger partial charge is 0.407 e. The van der Waals surface area contributed by atoms with Gasteiger partial charge in [-0.2, -0.15) is 0 Å². The molecule has 3 N–H and O–H groups in total. The first-order chi connectivity index (χ1) is 8.06. The number of carbonyl (C=O) groups is 1. The van der Waals surface area contributed by atoms with Gasteiger partial charge in [-0.25, -0.2) is 0 Å². The quantitative estimate of drug-likeness (QED) is 0.720. The van der Waals surface area contributed by atoms with Gasteiger partial charge in [0.15, 0.2) is 0 Å². The van der Waals surface area contributed by atoms with E-state index in [1.54, 1.807) is 4.90 Å². The van der Waals surface area contributed by atoms with Crippen molar-refractivity contribution >= 4 is 11.9 Å². The molecule has 0 saturated heterocycles. The number of carbonyl (C=O) groups excluding carboxylic acids is 1. The average Bonchev–Trinajstić information content (AvgIpc) is 2.73. The summed E-state index contributed by atoms with van der Waals surface area (Å²) in [5, 5.41) is 10.4. The van der Waals surface area contributed by atoms with Crippen molar-refractivity contribution in [3.05, 3.63) is 5.89 Å². The standard InChI is InChI=1S/C10H19N5O2/c1-4-15(6-8(16)12-7(2)3)10-14-13-9(5-11)17-10/h7H,4-6,11H2,1-3H3,(H,12,16). The van der Waals surface area contributed by atoms with Crippen LogP contribution in [-0.4, -0.2) is 35.2 Å². The molecule has 1 heterocycles. The fourth-order valence-corrected chi connectivity index (χ4v) is 1.31. The molecule has 0 aliphatic heterocycles. The van der Waals surface area contributed by atoms with Crippen LogP contribution >= 0.6 is 0 Å². The highest BCUT2D eigenvalue weighted by molar-refractivity contribution is 5.80. The molecular weight excluding hydrogens is 222 g/mol.